The minimum absolute atomic E-state index is 0.0993. The van der Waals surface area contributed by atoms with Crippen LogP contribution in [0, 0.1) is 11.6 Å². The van der Waals surface area contributed by atoms with Crippen LogP contribution in [0.15, 0.2) is 41.3 Å². The van der Waals surface area contributed by atoms with E-state index in [1.807, 2.05) is 0 Å². The number of rotatable bonds is 3. The molecule has 0 fully saturated rings. The number of hydrogen-bond donors (Lipinski definition) is 0. The Morgan fingerprint density at radius 2 is 1.65 bits per heavy atom. The summed E-state index contributed by atoms with van der Waals surface area (Å²) < 4.78 is 92.4. The first kappa shape index (κ1) is 17.5. The van der Waals surface area contributed by atoms with Gasteiger partial charge in [0.1, 0.15) is 16.5 Å². The Hall–Kier alpha value is -1.87. The Kier molecular flexibility index (Phi) is 4.54. The Labute approximate surface area is 132 Å². The number of halogens is 6. The van der Waals surface area contributed by atoms with E-state index in [1.165, 1.54) is 0 Å². The molecule has 0 saturated carbocycles. The molecule has 2 aromatic carbocycles. The second kappa shape index (κ2) is 5.97. The molecular formula is C13H6ClF5O3S. The molecule has 3 nitrogen and oxygen atoms in total. The van der Waals surface area contributed by atoms with Gasteiger partial charge < -0.3 is 4.18 Å². The van der Waals surface area contributed by atoms with Crippen molar-refractivity contribution in [2.45, 2.75) is 11.1 Å². The first-order valence-electron chi connectivity index (χ1n) is 5.77. The van der Waals surface area contributed by atoms with Crippen LogP contribution in [0.4, 0.5) is 22.0 Å². The van der Waals surface area contributed by atoms with Crippen molar-refractivity contribution < 1.29 is 34.6 Å². The highest BCUT2D eigenvalue weighted by Crippen LogP contribution is 2.34. The molecule has 0 aromatic heterocycles. The van der Waals surface area contributed by atoms with Crippen LogP contribution >= 0.6 is 11.6 Å². The summed E-state index contributed by atoms with van der Waals surface area (Å²) in [5, 5.41) is -0.397. The van der Waals surface area contributed by atoms with E-state index in [9.17, 15) is 30.4 Å². The maximum atomic E-state index is 13.2. The van der Waals surface area contributed by atoms with E-state index < -0.39 is 49.2 Å². The van der Waals surface area contributed by atoms with Gasteiger partial charge in [-0.05, 0) is 36.4 Å². The van der Waals surface area contributed by atoms with Gasteiger partial charge in [-0.2, -0.15) is 21.6 Å². The number of hydrogen-bond acceptors (Lipinski definition) is 3. The summed E-state index contributed by atoms with van der Waals surface area (Å²) in [6.45, 7) is 0. The maximum absolute atomic E-state index is 13.2. The molecule has 0 radical (unpaired) electrons. The Bertz CT molecular complexity index is 849. The summed E-state index contributed by atoms with van der Waals surface area (Å²) in [6, 6.07) is 3.56. The van der Waals surface area contributed by atoms with Crippen LogP contribution in [0.25, 0.3) is 0 Å². The molecule has 0 unspecified atom stereocenters. The highest BCUT2D eigenvalue weighted by molar-refractivity contribution is 7.87. The van der Waals surface area contributed by atoms with Gasteiger partial charge in [0, 0.05) is 0 Å². The largest absolute Gasteiger partial charge is 0.419 e. The monoisotopic (exact) mass is 372 g/mol. The van der Waals surface area contributed by atoms with Gasteiger partial charge >= 0.3 is 16.3 Å². The zero-order valence-corrected chi connectivity index (χ0v) is 12.4. The SMILES string of the molecule is O=S(=O)(Oc1ccc(F)cc1Cl)c1ccc(F)c(C(F)(F)F)c1. The molecule has 0 N–H and O–H groups in total. The molecule has 0 aliphatic heterocycles. The molecule has 0 saturated heterocycles. The van der Waals surface area contributed by atoms with E-state index in [0.717, 1.165) is 18.2 Å². The van der Waals surface area contributed by atoms with Gasteiger partial charge in [0.05, 0.1) is 10.6 Å². The van der Waals surface area contributed by atoms with Crippen LogP contribution in [0.5, 0.6) is 5.75 Å². The van der Waals surface area contributed by atoms with Crippen molar-refractivity contribution in [1.29, 1.82) is 0 Å². The molecule has 2 aromatic rings. The predicted octanol–water partition coefficient (Wildman–Crippen LogP) is 4.40. The highest BCUT2D eigenvalue weighted by Gasteiger charge is 2.35. The summed E-state index contributed by atoms with van der Waals surface area (Å²) >= 11 is 5.58. The van der Waals surface area contributed by atoms with Crippen LogP contribution in [0.3, 0.4) is 0 Å². The third-order valence-corrected chi connectivity index (χ3v) is 4.15. The molecular weight excluding hydrogens is 367 g/mol. The summed E-state index contributed by atoms with van der Waals surface area (Å²) in [5.74, 6) is -2.87. The zero-order valence-electron chi connectivity index (χ0n) is 10.9. The van der Waals surface area contributed by atoms with Crippen molar-refractivity contribution in [1.82, 2.24) is 0 Å². The second-order valence-corrected chi connectivity index (χ2v) is 6.21. The van der Waals surface area contributed by atoms with E-state index in [0.29, 0.717) is 12.1 Å². The number of benzene rings is 2. The second-order valence-electron chi connectivity index (χ2n) is 4.25. The third kappa shape index (κ3) is 3.91. The topological polar surface area (TPSA) is 43.4 Å². The average molecular weight is 373 g/mol. The lowest BCUT2D eigenvalue weighted by molar-refractivity contribution is -0.140. The summed E-state index contributed by atoms with van der Waals surface area (Å²) in [7, 11) is -4.72. The van der Waals surface area contributed by atoms with Gasteiger partial charge in [0.2, 0.25) is 0 Å². The molecule has 10 heteroatoms. The molecule has 0 aliphatic carbocycles. The molecule has 2 rings (SSSR count). The lowest BCUT2D eigenvalue weighted by Gasteiger charge is -2.12. The fraction of sp³-hybridized carbons (Fsp3) is 0.0769. The number of alkyl halides is 3. The minimum Gasteiger partial charge on any atom is -0.377 e. The van der Waals surface area contributed by atoms with Crippen molar-refractivity contribution in [3.8, 4) is 5.75 Å². The van der Waals surface area contributed by atoms with Crippen molar-refractivity contribution in [3.63, 3.8) is 0 Å². The lowest BCUT2D eigenvalue weighted by Crippen LogP contribution is -2.14. The fourth-order valence-electron chi connectivity index (χ4n) is 1.59. The molecule has 0 atom stereocenters. The van der Waals surface area contributed by atoms with E-state index in [2.05, 4.69) is 4.18 Å². The molecule has 0 spiro atoms. The Balaban J connectivity index is 2.44. The van der Waals surface area contributed by atoms with Gasteiger partial charge in [0.25, 0.3) is 0 Å². The fourth-order valence-corrected chi connectivity index (χ4v) is 2.81. The Morgan fingerprint density at radius 1 is 1.00 bits per heavy atom. The standard InChI is InChI=1S/C13H6ClF5O3S/c14-10-5-7(15)1-4-12(10)22-23(20,21)8-2-3-11(16)9(6-8)13(17,18)19/h1-6H. The normalized spacial score (nSPS) is 12.3. The third-order valence-electron chi connectivity index (χ3n) is 2.63. The summed E-state index contributed by atoms with van der Waals surface area (Å²) in [4.78, 5) is -0.924. The van der Waals surface area contributed by atoms with Crippen molar-refractivity contribution in [2.75, 3.05) is 0 Å². The molecule has 23 heavy (non-hydrogen) atoms. The molecule has 0 aliphatic rings. The zero-order chi connectivity index (χ0) is 17.4. The van der Waals surface area contributed by atoms with Crippen LogP contribution in [-0.4, -0.2) is 8.42 Å². The Morgan fingerprint density at radius 3 is 2.22 bits per heavy atom. The van der Waals surface area contributed by atoms with Gasteiger partial charge in [-0.1, -0.05) is 11.6 Å². The molecule has 0 amide bonds. The van der Waals surface area contributed by atoms with E-state index in [4.69, 9.17) is 11.6 Å². The quantitative estimate of drug-likeness (QED) is 0.592. The van der Waals surface area contributed by atoms with Crippen molar-refractivity contribution in [2.24, 2.45) is 0 Å². The van der Waals surface area contributed by atoms with Gasteiger partial charge in [-0.25, -0.2) is 8.78 Å². The summed E-state index contributed by atoms with van der Waals surface area (Å²) in [5.41, 5.74) is -1.76. The first-order valence-corrected chi connectivity index (χ1v) is 7.55. The average Bonchev–Trinajstić information content (AvgIpc) is 2.41. The van der Waals surface area contributed by atoms with Crippen LogP contribution in [-0.2, 0) is 16.3 Å². The molecule has 0 bridgehead atoms. The van der Waals surface area contributed by atoms with Crippen LogP contribution in [0.2, 0.25) is 5.02 Å². The maximum Gasteiger partial charge on any atom is 0.419 e. The van der Waals surface area contributed by atoms with E-state index in [1.54, 1.807) is 0 Å². The predicted molar refractivity (Wildman–Crippen MR) is 70.6 cm³/mol. The van der Waals surface area contributed by atoms with Crippen LogP contribution < -0.4 is 4.18 Å². The van der Waals surface area contributed by atoms with E-state index >= 15 is 0 Å². The van der Waals surface area contributed by atoms with Gasteiger partial charge in [0.15, 0.2) is 5.75 Å². The first-order chi connectivity index (χ1) is 10.5. The lowest BCUT2D eigenvalue weighted by atomic mass is 10.2. The molecule has 0 heterocycles. The van der Waals surface area contributed by atoms with Crippen LogP contribution in [0.1, 0.15) is 5.56 Å². The summed E-state index contributed by atoms with van der Waals surface area (Å²) in [6.07, 6.45) is -5.08. The van der Waals surface area contributed by atoms with Crippen molar-refractivity contribution in [3.05, 3.63) is 58.6 Å². The molecule has 124 valence electrons. The highest BCUT2D eigenvalue weighted by atomic mass is 35.5. The van der Waals surface area contributed by atoms with E-state index in [-0.39, 0.29) is 6.07 Å². The van der Waals surface area contributed by atoms with Gasteiger partial charge in [-0.15, -0.1) is 0 Å². The van der Waals surface area contributed by atoms with Crippen molar-refractivity contribution >= 4 is 21.7 Å². The van der Waals surface area contributed by atoms with Gasteiger partial charge in [-0.3, -0.25) is 0 Å². The smallest absolute Gasteiger partial charge is 0.377 e. The minimum atomic E-state index is -5.08.